The van der Waals surface area contributed by atoms with E-state index in [0.717, 1.165) is 5.56 Å². The fourth-order valence-electron chi connectivity index (χ4n) is 1.35. The Hall–Kier alpha value is -2.28. The Morgan fingerprint density at radius 2 is 2.06 bits per heavy atom. The molecule has 7 heteroatoms. The van der Waals surface area contributed by atoms with Gasteiger partial charge in [-0.1, -0.05) is 0 Å². The van der Waals surface area contributed by atoms with Crippen molar-refractivity contribution in [3.05, 3.63) is 35.9 Å². The number of amides is 1. The van der Waals surface area contributed by atoms with Gasteiger partial charge in [0.2, 0.25) is 5.95 Å². The first kappa shape index (κ1) is 12.2. The van der Waals surface area contributed by atoms with Crippen LogP contribution < -0.4 is 5.73 Å². The summed E-state index contributed by atoms with van der Waals surface area (Å²) >= 11 is 0. The maximum atomic E-state index is 11.7. The van der Waals surface area contributed by atoms with Crippen LogP contribution in [0.25, 0.3) is 5.95 Å². The van der Waals surface area contributed by atoms with E-state index < -0.39 is 0 Å². The minimum Gasteiger partial charge on any atom is -0.343 e. The largest absolute Gasteiger partial charge is 0.343 e. The fraction of sp³-hybridized carbons (Fsp3) is 0.273. The second-order valence-electron chi connectivity index (χ2n) is 3.94. The molecule has 2 rings (SSSR count). The summed E-state index contributed by atoms with van der Waals surface area (Å²) in [6.07, 6.45) is 4.92. The van der Waals surface area contributed by atoms with E-state index in [0.29, 0.717) is 18.2 Å². The van der Waals surface area contributed by atoms with Gasteiger partial charge in [-0.2, -0.15) is 5.10 Å². The van der Waals surface area contributed by atoms with E-state index in [4.69, 9.17) is 5.73 Å². The standard InChI is InChI=1S/C11H14N6O/c1-16(2)10(18)9-3-4-17(15-9)11-13-6-8(5-12)7-14-11/h3-4,6-7H,5,12H2,1-2H3. The van der Waals surface area contributed by atoms with E-state index in [9.17, 15) is 4.79 Å². The number of nitrogens with zero attached hydrogens (tertiary/aromatic N) is 5. The van der Waals surface area contributed by atoms with E-state index in [2.05, 4.69) is 15.1 Å². The molecule has 0 atom stereocenters. The molecule has 0 bridgehead atoms. The second kappa shape index (κ2) is 4.92. The third kappa shape index (κ3) is 2.35. The number of carbonyl (C=O) groups is 1. The highest BCUT2D eigenvalue weighted by Crippen LogP contribution is 2.04. The zero-order chi connectivity index (χ0) is 13.1. The molecule has 7 nitrogen and oxygen atoms in total. The van der Waals surface area contributed by atoms with Crippen LogP contribution in [-0.2, 0) is 6.54 Å². The molecule has 18 heavy (non-hydrogen) atoms. The zero-order valence-corrected chi connectivity index (χ0v) is 10.2. The molecule has 0 radical (unpaired) electrons. The molecule has 2 N–H and O–H groups in total. The lowest BCUT2D eigenvalue weighted by Crippen LogP contribution is -2.22. The second-order valence-corrected chi connectivity index (χ2v) is 3.94. The molecule has 0 aromatic carbocycles. The third-order valence-electron chi connectivity index (χ3n) is 2.35. The highest BCUT2D eigenvalue weighted by atomic mass is 16.2. The first-order valence-electron chi connectivity index (χ1n) is 5.40. The van der Waals surface area contributed by atoms with Crippen LogP contribution in [0.3, 0.4) is 0 Å². The minimum absolute atomic E-state index is 0.160. The molecule has 1 amide bonds. The Labute approximate surface area is 104 Å². The molecule has 2 heterocycles. The van der Waals surface area contributed by atoms with E-state index in [1.165, 1.54) is 9.58 Å². The van der Waals surface area contributed by atoms with E-state index in [-0.39, 0.29) is 5.91 Å². The van der Waals surface area contributed by atoms with Gasteiger partial charge in [-0.3, -0.25) is 4.79 Å². The summed E-state index contributed by atoms with van der Waals surface area (Å²) in [5.74, 6) is 0.248. The van der Waals surface area contributed by atoms with Crippen molar-refractivity contribution >= 4 is 5.91 Å². The van der Waals surface area contributed by atoms with Gasteiger partial charge in [0.05, 0.1) is 0 Å². The third-order valence-corrected chi connectivity index (χ3v) is 2.35. The Morgan fingerprint density at radius 3 is 2.61 bits per heavy atom. The SMILES string of the molecule is CN(C)C(=O)c1ccn(-c2ncc(CN)cn2)n1. The lowest BCUT2D eigenvalue weighted by atomic mass is 10.3. The van der Waals surface area contributed by atoms with Crippen molar-refractivity contribution in [2.75, 3.05) is 14.1 Å². The van der Waals surface area contributed by atoms with Crippen LogP contribution in [-0.4, -0.2) is 44.7 Å². The van der Waals surface area contributed by atoms with Crippen LogP contribution >= 0.6 is 0 Å². The van der Waals surface area contributed by atoms with Crippen LogP contribution in [0.15, 0.2) is 24.7 Å². The summed E-state index contributed by atoms with van der Waals surface area (Å²) in [5.41, 5.74) is 6.66. The van der Waals surface area contributed by atoms with Gasteiger partial charge in [-0.05, 0) is 6.07 Å². The Balaban J connectivity index is 2.26. The number of carbonyl (C=O) groups excluding carboxylic acids is 1. The van der Waals surface area contributed by atoms with Crippen molar-refractivity contribution in [2.24, 2.45) is 5.73 Å². The van der Waals surface area contributed by atoms with Crippen LogP contribution in [0.5, 0.6) is 0 Å². The summed E-state index contributed by atoms with van der Waals surface area (Å²) in [5, 5.41) is 4.13. The highest BCUT2D eigenvalue weighted by Gasteiger charge is 2.12. The molecule has 0 fully saturated rings. The molecular formula is C11H14N6O. The van der Waals surface area contributed by atoms with Crippen molar-refractivity contribution in [2.45, 2.75) is 6.54 Å². The monoisotopic (exact) mass is 246 g/mol. The number of hydrogen-bond acceptors (Lipinski definition) is 5. The Morgan fingerprint density at radius 1 is 1.39 bits per heavy atom. The molecule has 2 aromatic heterocycles. The molecule has 0 saturated heterocycles. The summed E-state index contributed by atoms with van der Waals surface area (Å²) in [6.45, 7) is 0.393. The average molecular weight is 246 g/mol. The van der Waals surface area contributed by atoms with Gasteiger partial charge < -0.3 is 10.6 Å². The molecule has 2 aromatic rings. The van der Waals surface area contributed by atoms with E-state index in [1.807, 2.05) is 0 Å². The summed E-state index contributed by atoms with van der Waals surface area (Å²) in [6, 6.07) is 1.63. The van der Waals surface area contributed by atoms with E-state index >= 15 is 0 Å². The predicted octanol–water partition coefficient (Wildman–Crippen LogP) is -0.177. The normalized spacial score (nSPS) is 10.4. The van der Waals surface area contributed by atoms with Gasteiger partial charge in [-0.15, -0.1) is 0 Å². The average Bonchev–Trinajstić information content (AvgIpc) is 2.87. The number of aromatic nitrogens is 4. The van der Waals surface area contributed by atoms with Crippen LogP contribution in [0, 0.1) is 0 Å². The van der Waals surface area contributed by atoms with Crippen LogP contribution in [0.4, 0.5) is 0 Å². The van der Waals surface area contributed by atoms with Gasteiger partial charge in [0, 0.05) is 44.8 Å². The van der Waals surface area contributed by atoms with Crippen LogP contribution in [0.1, 0.15) is 16.1 Å². The molecule has 0 aliphatic heterocycles. The lowest BCUT2D eigenvalue weighted by molar-refractivity contribution is 0.0821. The first-order chi connectivity index (χ1) is 8.61. The predicted molar refractivity (Wildman–Crippen MR) is 65.1 cm³/mol. The molecule has 0 saturated carbocycles. The van der Waals surface area contributed by atoms with Gasteiger partial charge in [0.1, 0.15) is 0 Å². The molecule has 94 valence electrons. The zero-order valence-electron chi connectivity index (χ0n) is 10.2. The molecule has 0 unspecified atom stereocenters. The molecule has 0 spiro atoms. The number of nitrogens with two attached hydrogens (primary N) is 1. The highest BCUT2D eigenvalue weighted by molar-refractivity contribution is 5.91. The van der Waals surface area contributed by atoms with E-state index in [1.54, 1.807) is 38.8 Å². The lowest BCUT2D eigenvalue weighted by Gasteiger charge is -2.06. The topological polar surface area (TPSA) is 89.9 Å². The van der Waals surface area contributed by atoms with Gasteiger partial charge in [-0.25, -0.2) is 14.6 Å². The van der Waals surface area contributed by atoms with Gasteiger partial charge >= 0.3 is 0 Å². The molecule has 0 aliphatic rings. The van der Waals surface area contributed by atoms with Gasteiger partial charge in [0.15, 0.2) is 5.69 Å². The van der Waals surface area contributed by atoms with Gasteiger partial charge in [0.25, 0.3) is 5.91 Å². The minimum atomic E-state index is -0.160. The van der Waals surface area contributed by atoms with Crippen molar-refractivity contribution in [3.63, 3.8) is 0 Å². The summed E-state index contributed by atoms with van der Waals surface area (Å²) < 4.78 is 1.46. The first-order valence-corrected chi connectivity index (χ1v) is 5.40. The smallest absolute Gasteiger partial charge is 0.273 e. The Kier molecular flexibility index (Phi) is 3.33. The van der Waals surface area contributed by atoms with Crippen molar-refractivity contribution in [1.29, 1.82) is 0 Å². The fourth-order valence-corrected chi connectivity index (χ4v) is 1.35. The summed E-state index contributed by atoms with van der Waals surface area (Å²) in [7, 11) is 3.35. The number of hydrogen-bond donors (Lipinski definition) is 1. The van der Waals surface area contributed by atoms with Crippen molar-refractivity contribution < 1.29 is 4.79 Å². The quantitative estimate of drug-likeness (QED) is 0.811. The maximum absolute atomic E-state index is 11.7. The Bertz CT molecular complexity index is 545. The molecule has 0 aliphatic carbocycles. The van der Waals surface area contributed by atoms with Crippen LogP contribution in [0.2, 0.25) is 0 Å². The number of rotatable bonds is 3. The maximum Gasteiger partial charge on any atom is 0.273 e. The van der Waals surface area contributed by atoms with Crippen molar-refractivity contribution in [3.8, 4) is 5.95 Å². The molecular weight excluding hydrogens is 232 g/mol. The van der Waals surface area contributed by atoms with Crippen molar-refractivity contribution in [1.82, 2.24) is 24.6 Å². The summed E-state index contributed by atoms with van der Waals surface area (Å²) in [4.78, 5) is 21.4.